The lowest BCUT2D eigenvalue weighted by Gasteiger charge is -2.24. The van der Waals surface area contributed by atoms with E-state index in [1.807, 2.05) is 24.5 Å². The molecule has 1 aromatic carbocycles. The van der Waals surface area contributed by atoms with Gasteiger partial charge in [0.25, 0.3) is 0 Å². The molecule has 0 heterocycles. The summed E-state index contributed by atoms with van der Waals surface area (Å²) in [7, 11) is 0. The standard InChI is InChI=1S/C13H15BrO2S/c1-17-11-5-4-9(8-10(11)14)13(12(15)16)6-2-3-7-13/h4-5,8H,2-3,6-7H2,1H3,(H,15,16). The first-order valence-electron chi connectivity index (χ1n) is 5.67. The fraction of sp³-hybridized carbons (Fsp3) is 0.462. The number of hydrogen-bond donors (Lipinski definition) is 1. The van der Waals surface area contributed by atoms with Gasteiger partial charge >= 0.3 is 5.97 Å². The van der Waals surface area contributed by atoms with Crippen LogP contribution in [0, 0.1) is 0 Å². The highest BCUT2D eigenvalue weighted by Crippen LogP contribution is 2.43. The molecular weight excluding hydrogens is 300 g/mol. The molecule has 1 N–H and O–H groups in total. The predicted molar refractivity (Wildman–Crippen MR) is 73.7 cm³/mol. The van der Waals surface area contributed by atoms with Crippen molar-refractivity contribution in [2.24, 2.45) is 0 Å². The monoisotopic (exact) mass is 314 g/mol. The Morgan fingerprint density at radius 1 is 1.41 bits per heavy atom. The van der Waals surface area contributed by atoms with Crippen molar-refractivity contribution in [3.05, 3.63) is 28.2 Å². The van der Waals surface area contributed by atoms with Crippen molar-refractivity contribution in [3.63, 3.8) is 0 Å². The summed E-state index contributed by atoms with van der Waals surface area (Å²) in [5.74, 6) is -0.682. The molecule has 1 fully saturated rings. The minimum Gasteiger partial charge on any atom is -0.481 e. The zero-order valence-corrected chi connectivity index (χ0v) is 12.1. The van der Waals surface area contributed by atoms with E-state index >= 15 is 0 Å². The Labute approximate surface area is 114 Å². The van der Waals surface area contributed by atoms with E-state index in [4.69, 9.17) is 0 Å². The second-order valence-electron chi connectivity index (χ2n) is 4.44. The lowest BCUT2D eigenvalue weighted by Crippen LogP contribution is -2.32. The van der Waals surface area contributed by atoms with Crippen LogP contribution >= 0.6 is 27.7 Å². The normalized spacial score (nSPS) is 18.2. The first kappa shape index (κ1) is 13.0. The third-order valence-corrected chi connectivity index (χ3v) is 5.29. The third kappa shape index (κ3) is 2.25. The van der Waals surface area contributed by atoms with Crippen LogP contribution in [0.2, 0.25) is 0 Å². The molecule has 1 saturated carbocycles. The van der Waals surface area contributed by atoms with Gasteiger partial charge in [-0.25, -0.2) is 0 Å². The summed E-state index contributed by atoms with van der Waals surface area (Å²) in [4.78, 5) is 12.7. The van der Waals surface area contributed by atoms with Crippen molar-refractivity contribution in [1.29, 1.82) is 0 Å². The van der Waals surface area contributed by atoms with Gasteiger partial charge in [-0.3, -0.25) is 4.79 Å². The summed E-state index contributed by atoms with van der Waals surface area (Å²) >= 11 is 5.17. The fourth-order valence-corrected chi connectivity index (χ4v) is 3.89. The van der Waals surface area contributed by atoms with Crippen LogP contribution in [-0.2, 0) is 10.2 Å². The number of carboxylic acids is 1. The number of halogens is 1. The van der Waals surface area contributed by atoms with Gasteiger partial charge in [0, 0.05) is 9.37 Å². The number of carbonyl (C=O) groups is 1. The molecule has 0 bridgehead atoms. The number of benzene rings is 1. The van der Waals surface area contributed by atoms with Gasteiger partial charge in [0.05, 0.1) is 5.41 Å². The fourth-order valence-electron chi connectivity index (χ4n) is 2.57. The molecule has 92 valence electrons. The van der Waals surface area contributed by atoms with Crippen LogP contribution in [0.3, 0.4) is 0 Å². The molecule has 1 aromatic rings. The Bertz CT molecular complexity index is 439. The number of rotatable bonds is 3. The molecule has 0 saturated heterocycles. The van der Waals surface area contributed by atoms with E-state index in [9.17, 15) is 9.90 Å². The van der Waals surface area contributed by atoms with Gasteiger partial charge in [-0.2, -0.15) is 0 Å². The first-order valence-corrected chi connectivity index (χ1v) is 7.69. The summed E-state index contributed by atoms with van der Waals surface area (Å²) in [5.41, 5.74) is 0.284. The largest absolute Gasteiger partial charge is 0.481 e. The lowest BCUT2D eigenvalue weighted by molar-refractivity contribution is -0.143. The van der Waals surface area contributed by atoms with Gasteiger partial charge in [-0.15, -0.1) is 11.8 Å². The highest BCUT2D eigenvalue weighted by Gasteiger charge is 2.42. The molecule has 1 aliphatic rings. The summed E-state index contributed by atoms with van der Waals surface area (Å²) in [6, 6.07) is 5.95. The van der Waals surface area contributed by atoms with Crippen LogP contribution < -0.4 is 0 Å². The minimum atomic E-state index is -0.682. The zero-order valence-electron chi connectivity index (χ0n) is 9.70. The Kier molecular flexibility index (Phi) is 3.83. The summed E-state index contributed by atoms with van der Waals surface area (Å²) in [5, 5.41) is 9.51. The SMILES string of the molecule is CSc1ccc(C2(C(=O)O)CCCC2)cc1Br. The van der Waals surface area contributed by atoms with Gasteiger partial charge in [-0.05, 0) is 52.7 Å². The molecule has 0 amide bonds. The molecule has 1 aliphatic carbocycles. The highest BCUT2D eigenvalue weighted by atomic mass is 79.9. The van der Waals surface area contributed by atoms with Crippen molar-refractivity contribution in [3.8, 4) is 0 Å². The second kappa shape index (κ2) is 5.02. The van der Waals surface area contributed by atoms with Crippen molar-refractivity contribution in [2.75, 3.05) is 6.26 Å². The Balaban J connectivity index is 2.44. The van der Waals surface area contributed by atoms with E-state index in [1.54, 1.807) is 11.8 Å². The summed E-state index contributed by atoms with van der Waals surface area (Å²) in [6.07, 6.45) is 5.55. The topological polar surface area (TPSA) is 37.3 Å². The van der Waals surface area contributed by atoms with E-state index < -0.39 is 11.4 Å². The summed E-state index contributed by atoms with van der Waals surface area (Å²) in [6.45, 7) is 0. The lowest BCUT2D eigenvalue weighted by atomic mass is 9.79. The van der Waals surface area contributed by atoms with Gasteiger partial charge in [0.2, 0.25) is 0 Å². The maximum atomic E-state index is 11.6. The molecule has 4 heteroatoms. The maximum Gasteiger partial charge on any atom is 0.314 e. The third-order valence-electron chi connectivity index (χ3n) is 3.57. The number of thioether (sulfide) groups is 1. The molecule has 0 atom stereocenters. The van der Waals surface area contributed by atoms with E-state index in [2.05, 4.69) is 15.9 Å². The zero-order chi connectivity index (χ0) is 12.5. The number of aliphatic carboxylic acids is 1. The van der Waals surface area contributed by atoms with E-state index in [1.165, 1.54) is 0 Å². The molecule has 0 aromatic heterocycles. The van der Waals surface area contributed by atoms with Crippen molar-refractivity contribution >= 4 is 33.7 Å². The first-order chi connectivity index (χ1) is 8.10. The predicted octanol–water partition coefficient (Wildman–Crippen LogP) is 4.07. The molecule has 0 spiro atoms. The molecule has 0 radical (unpaired) electrons. The van der Waals surface area contributed by atoms with Crippen molar-refractivity contribution in [1.82, 2.24) is 0 Å². The van der Waals surface area contributed by atoms with E-state index in [-0.39, 0.29) is 0 Å². The maximum absolute atomic E-state index is 11.6. The van der Waals surface area contributed by atoms with Crippen LogP contribution in [0.15, 0.2) is 27.6 Å². The Morgan fingerprint density at radius 3 is 2.53 bits per heavy atom. The van der Waals surface area contributed by atoms with Crippen molar-refractivity contribution in [2.45, 2.75) is 36.0 Å². The molecule has 2 rings (SSSR count). The average Bonchev–Trinajstić information content (AvgIpc) is 2.79. The van der Waals surface area contributed by atoms with E-state index in [0.29, 0.717) is 0 Å². The molecular formula is C13H15BrO2S. The van der Waals surface area contributed by atoms with Gasteiger partial charge in [-0.1, -0.05) is 18.9 Å². The van der Waals surface area contributed by atoms with Crippen LogP contribution in [0.1, 0.15) is 31.2 Å². The molecule has 2 nitrogen and oxygen atoms in total. The van der Waals surface area contributed by atoms with Crippen molar-refractivity contribution < 1.29 is 9.90 Å². The molecule has 17 heavy (non-hydrogen) atoms. The van der Waals surface area contributed by atoms with E-state index in [0.717, 1.165) is 40.6 Å². The number of carboxylic acid groups (broad SMARTS) is 1. The highest BCUT2D eigenvalue weighted by molar-refractivity contribution is 9.10. The number of hydrogen-bond acceptors (Lipinski definition) is 2. The van der Waals surface area contributed by atoms with Crippen LogP contribution in [0.5, 0.6) is 0 Å². The van der Waals surface area contributed by atoms with Gasteiger partial charge < -0.3 is 5.11 Å². The second-order valence-corrected chi connectivity index (χ2v) is 6.15. The molecule has 0 aliphatic heterocycles. The quantitative estimate of drug-likeness (QED) is 0.855. The smallest absolute Gasteiger partial charge is 0.314 e. The van der Waals surface area contributed by atoms with Crippen LogP contribution in [0.4, 0.5) is 0 Å². The summed E-state index contributed by atoms with van der Waals surface area (Å²) < 4.78 is 0.995. The average molecular weight is 315 g/mol. The van der Waals surface area contributed by atoms with Crippen LogP contribution in [0.25, 0.3) is 0 Å². The van der Waals surface area contributed by atoms with Crippen LogP contribution in [-0.4, -0.2) is 17.3 Å². The van der Waals surface area contributed by atoms with Gasteiger partial charge in [0.15, 0.2) is 0 Å². The minimum absolute atomic E-state index is 0.653. The Hall–Kier alpha value is -0.480. The Morgan fingerprint density at radius 2 is 2.06 bits per heavy atom. The van der Waals surface area contributed by atoms with Gasteiger partial charge in [0.1, 0.15) is 0 Å². The molecule has 0 unspecified atom stereocenters.